The fourth-order valence-corrected chi connectivity index (χ4v) is 4.52. The summed E-state index contributed by atoms with van der Waals surface area (Å²) in [7, 11) is 3.17. The summed E-state index contributed by atoms with van der Waals surface area (Å²) < 4.78 is 10.6. The highest BCUT2D eigenvalue weighted by molar-refractivity contribution is 5.95. The average molecular weight is 372 g/mol. The van der Waals surface area contributed by atoms with Gasteiger partial charge in [-0.3, -0.25) is 9.59 Å². The number of methoxy groups -OCH3 is 2. The molecule has 6 heteroatoms. The van der Waals surface area contributed by atoms with E-state index in [-0.39, 0.29) is 17.9 Å². The summed E-state index contributed by atoms with van der Waals surface area (Å²) in [5, 5.41) is 0. The van der Waals surface area contributed by atoms with E-state index in [1.54, 1.807) is 32.4 Å². The number of carbonyl (C=O) groups is 2. The van der Waals surface area contributed by atoms with E-state index in [4.69, 9.17) is 9.47 Å². The second-order valence-electron chi connectivity index (χ2n) is 8.03. The molecule has 0 radical (unpaired) electrons. The first kappa shape index (κ1) is 18.1. The van der Waals surface area contributed by atoms with E-state index in [0.29, 0.717) is 35.4 Å². The summed E-state index contributed by atoms with van der Waals surface area (Å²) in [5.41, 5.74) is 0.579. The Labute approximate surface area is 160 Å². The topological polar surface area (TPSA) is 59.1 Å². The Morgan fingerprint density at radius 2 is 1.63 bits per heavy atom. The normalized spacial score (nSPS) is 25.0. The maximum atomic E-state index is 13.3. The number of rotatable bonds is 4. The molecule has 2 bridgehead atoms. The lowest BCUT2D eigenvalue weighted by atomic mass is 9.84. The zero-order valence-electron chi connectivity index (χ0n) is 16.1. The van der Waals surface area contributed by atoms with Gasteiger partial charge in [-0.25, -0.2) is 0 Å². The first-order valence-electron chi connectivity index (χ1n) is 9.92. The Hall–Kier alpha value is -2.24. The summed E-state index contributed by atoms with van der Waals surface area (Å²) in [6.07, 6.45) is 5.27. The van der Waals surface area contributed by atoms with Crippen molar-refractivity contribution in [3.05, 3.63) is 23.8 Å². The lowest BCUT2D eigenvalue weighted by Gasteiger charge is -2.36. The van der Waals surface area contributed by atoms with E-state index < -0.39 is 0 Å². The van der Waals surface area contributed by atoms with Gasteiger partial charge in [0.1, 0.15) is 11.5 Å². The van der Waals surface area contributed by atoms with Gasteiger partial charge >= 0.3 is 0 Å². The summed E-state index contributed by atoms with van der Waals surface area (Å²) >= 11 is 0. The third kappa shape index (κ3) is 3.49. The third-order valence-corrected chi connectivity index (χ3v) is 6.34. The quantitative estimate of drug-likeness (QED) is 0.815. The van der Waals surface area contributed by atoms with Gasteiger partial charge in [0.15, 0.2) is 0 Å². The van der Waals surface area contributed by atoms with Crippen LogP contribution in [0.4, 0.5) is 0 Å². The van der Waals surface area contributed by atoms with E-state index in [1.807, 2.05) is 9.80 Å². The van der Waals surface area contributed by atoms with Gasteiger partial charge in [0.05, 0.1) is 14.2 Å². The molecule has 0 unspecified atom stereocenters. The van der Waals surface area contributed by atoms with Crippen molar-refractivity contribution in [3.8, 4) is 11.5 Å². The maximum absolute atomic E-state index is 13.3. The van der Waals surface area contributed by atoms with Crippen molar-refractivity contribution in [3.63, 3.8) is 0 Å². The van der Waals surface area contributed by atoms with Crippen molar-refractivity contribution in [2.45, 2.75) is 38.1 Å². The van der Waals surface area contributed by atoms with Crippen LogP contribution in [0, 0.1) is 11.8 Å². The highest BCUT2D eigenvalue weighted by Gasteiger charge is 2.41. The average Bonchev–Trinajstić information content (AvgIpc) is 2.97. The van der Waals surface area contributed by atoms with Crippen molar-refractivity contribution in [2.24, 2.45) is 11.8 Å². The van der Waals surface area contributed by atoms with Crippen molar-refractivity contribution >= 4 is 11.8 Å². The molecule has 3 saturated heterocycles. The Morgan fingerprint density at radius 3 is 2.22 bits per heavy atom. The van der Waals surface area contributed by atoms with Crippen LogP contribution in [-0.2, 0) is 4.79 Å². The van der Waals surface area contributed by atoms with Crippen LogP contribution in [-0.4, -0.2) is 61.5 Å². The van der Waals surface area contributed by atoms with E-state index in [9.17, 15) is 9.59 Å². The Balaban J connectivity index is 1.54. The van der Waals surface area contributed by atoms with Gasteiger partial charge in [-0.1, -0.05) is 6.42 Å². The molecule has 1 aromatic rings. The number of amides is 2. The van der Waals surface area contributed by atoms with Crippen LogP contribution in [0.3, 0.4) is 0 Å². The summed E-state index contributed by atoms with van der Waals surface area (Å²) in [4.78, 5) is 30.0. The molecular weight excluding hydrogens is 344 g/mol. The minimum absolute atomic E-state index is 0.000145. The van der Waals surface area contributed by atoms with Crippen LogP contribution >= 0.6 is 0 Å². The molecule has 1 aromatic carbocycles. The minimum atomic E-state index is -0.000145. The fraction of sp³-hybridized carbons (Fsp3) is 0.619. The van der Waals surface area contributed by atoms with Crippen LogP contribution in [0.15, 0.2) is 18.2 Å². The molecule has 0 N–H and O–H groups in total. The molecule has 1 saturated carbocycles. The molecule has 6 nitrogen and oxygen atoms in total. The smallest absolute Gasteiger partial charge is 0.254 e. The lowest BCUT2D eigenvalue weighted by Crippen LogP contribution is -2.48. The van der Waals surface area contributed by atoms with E-state index in [0.717, 1.165) is 38.8 Å². The predicted molar refractivity (Wildman–Crippen MR) is 101 cm³/mol. The Bertz CT molecular complexity index is 709. The van der Waals surface area contributed by atoms with Crippen molar-refractivity contribution in [1.29, 1.82) is 0 Å². The molecule has 3 aliphatic heterocycles. The number of hydrogen-bond acceptors (Lipinski definition) is 4. The van der Waals surface area contributed by atoms with Crippen LogP contribution in [0.2, 0.25) is 0 Å². The zero-order chi connectivity index (χ0) is 19.0. The summed E-state index contributed by atoms with van der Waals surface area (Å²) in [6.45, 7) is 2.17. The standard InChI is InChI=1S/C21H28N2O4/c1-26-18-8-16(9-19(10-18)27-2)21(25)23-12-14-6-7-17(23)13-22(11-14)20(24)15-4-3-5-15/h8-10,14-15,17H,3-7,11-13H2,1-2H3/t14-,17+/m0/s1. The molecule has 4 fully saturated rings. The zero-order valence-corrected chi connectivity index (χ0v) is 16.1. The second-order valence-corrected chi connectivity index (χ2v) is 8.03. The monoisotopic (exact) mass is 372 g/mol. The molecule has 5 rings (SSSR count). The highest BCUT2D eigenvalue weighted by atomic mass is 16.5. The molecule has 0 spiro atoms. The van der Waals surface area contributed by atoms with Crippen LogP contribution in [0.25, 0.3) is 0 Å². The SMILES string of the molecule is COc1cc(OC)cc(C(=O)N2C[C@H]3CC[C@@H]2CN(C(=O)C2CCC2)C3)c1. The number of nitrogens with zero attached hydrogens (tertiary/aromatic N) is 2. The lowest BCUT2D eigenvalue weighted by molar-refractivity contribution is -0.138. The van der Waals surface area contributed by atoms with Gasteiger partial charge in [0, 0.05) is 43.2 Å². The largest absolute Gasteiger partial charge is 0.497 e. The van der Waals surface area contributed by atoms with E-state index in [1.165, 1.54) is 6.42 Å². The molecule has 1 aliphatic carbocycles. The number of hydrogen-bond donors (Lipinski definition) is 0. The minimum Gasteiger partial charge on any atom is -0.497 e. The van der Waals surface area contributed by atoms with Gasteiger partial charge < -0.3 is 19.3 Å². The number of carbonyl (C=O) groups excluding carboxylic acids is 2. The van der Waals surface area contributed by atoms with Gasteiger partial charge in [-0.05, 0) is 43.7 Å². The number of ether oxygens (including phenoxy) is 2. The number of fused-ring (bicyclic) bond motifs is 4. The molecular formula is C21H28N2O4. The van der Waals surface area contributed by atoms with Crippen LogP contribution < -0.4 is 9.47 Å². The van der Waals surface area contributed by atoms with Crippen molar-refractivity contribution in [2.75, 3.05) is 33.9 Å². The van der Waals surface area contributed by atoms with E-state index in [2.05, 4.69) is 0 Å². The molecule has 146 valence electrons. The molecule has 0 aromatic heterocycles. The Morgan fingerprint density at radius 1 is 0.926 bits per heavy atom. The molecule has 2 amide bonds. The van der Waals surface area contributed by atoms with E-state index >= 15 is 0 Å². The van der Waals surface area contributed by atoms with Gasteiger partial charge in [-0.15, -0.1) is 0 Å². The van der Waals surface area contributed by atoms with Crippen LogP contribution in [0.1, 0.15) is 42.5 Å². The Kier molecular flexibility index (Phi) is 4.98. The molecule has 27 heavy (non-hydrogen) atoms. The number of benzene rings is 1. The van der Waals surface area contributed by atoms with Crippen molar-refractivity contribution < 1.29 is 19.1 Å². The summed E-state index contributed by atoms with van der Waals surface area (Å²) in [5.74, 6) is 2.10. The first-order valence-corrected chi connectivity index (χ1v) is 9.92. The van der Waals surface area contributed by atoms with Gasteiger partial charge in [0.2, 0.25) is 5.91 Å². The highest BCUT2D eigenvalue weighted by Crippen LogP contribution is 2.34. The fourth-order valence-electron chi connectivity index (χ4n) is 4.52. The second kappa shape index (κ2) is 7.41. The maximum Gasteiger partial charge on any atom is 0.254 e. The van der Waals surface area contributed by atoms with Gasteiger partial charge in [0.25, 0.3) is 5.91 Å². The van der Waals surface area contributed by atoms with Crippen molar-refractivity contribution in [1.82, 2.24) is 9.80 Å². The molecule has 3 heterocycles. The molecule has 2 atom stereocenters. The van der Waals surface area contributed by atoms with Crippen LogP contribution in [0.5, 0.6) is 11.5 Å². The number of piperidine rings is 1. The van der Waals surface area contributed by atoms with Gasteiger partial charge in [-0.2, -0.15) is 0 Å². The first-order chi connectivity index (χ1) is 13.1. The predicted octanol–water partition coefficient (Wildman–Crippen LogP) is 2.57. The summed E-state index contributed by atoms with van der Waals surface area (Å²) in [6, 6.07) is 5.39. The third-order valence-electron chi connectivity index (χ3n) is 6.34. The molecule has 4 aliphatic rings.